The van der Waals surface area contributed by atoms with Gasteiger partial charge in [0.05, 0.1) is 0 Å². The molecule has 0 aromatic carbocycles. The normalized spacial score (nSPS) is 0. The van der Waals surface area contributed by atoms with Gasteiger partial charge in [-0.3, -0.25) is 0 Å². The molecular formula is H6CoO6Zr. The molecule has 0 aliphatic rings. The first-order chi connectivity index (χ1) is 0. The van der Waals surface area contributed by atoms with Gasteiger partial charge < -0.3 is 32.9 Å². The summed E-state index contributed by atoms with van der Waals surface area (Å²) in [5.74, 6) is 0. The second kappa shape index (κ2) is 315. The van der Waals surface area contributed by atoms with Gasteiger partial charge in [0, 0.05) is 0 Å². The van der Waals surface area contributed by atoms with Crippen molar-refractivity contribution >= 4 is 0 Å². The molecule has 6 nitrogen and oxygen atoms in total. The van der Waals surface area contributed by atoms with Crippen LogP contribution in [0.25, 0.3) is 0 Å². The summed E-state index contributed by atoms with van der Waals surface area (Å²) in [6, 6.07) is 0. The zero-order chi connectivity index (χ0) is 0. The topological polar surface area (TPSA) is 180 Å². The molecule has 0 aliphatic heterocycles. The average molecular weight is 252 g/mol. The number of hydrogen-bond acceptors (Lipinski definition) is 6. The van der Waals surface area contributed by atoms with E-state index in [1.54, 1.807) is 0 Å². The van der Waals surface area contributed by atoms with Gasteiger partial charge in [-0.25, -0.2) is 0 Å². The van der Waals surface area contributed by atoms with Crippen molar-refractivity contribution in [2.24, 2.45) is 0 Å². The monoisotopic (exact) mass is 251 g/mol. The SMILES string of the molecule is [Co+2].[OH-].[OH-].[OH-].[OH-].[OH-].[OH-].[Zr+4]. The molecule has 0 saturated carbocycles. The Hall–Kier alpha value is 1.15. The van der Waals surface area contributed by atoms with Gasteiger partial charge >= 0.3 is 43.0 Å². The van der Waals surface area contributed by atoms with Crippen LogP contribution < -0.4 is 0 Å². The molecular weight excluding hydrogens is 246 g/mol. The fourth-order valence-corrected chi connectivity index (χ4v) is 0. The number of hydrogen-bond donors (Lipinski definition) is 0. The molecule has 0 amide bonds. The van der Waals surface area contributed by atoms with Crippen LogP contribution in [0.3, 0.4) is 0 Å². The van der Waals surface area contributed by atoms with Gasteiger partial charge in [0.2, 0.25) is 0 Å². The van der Waals surface area contributed by atoms with Crippen molar-refractivity contribution in [1.82, 2.24) is 0 Å². The standard InChI is InChI=1S/Co.6H2O.Zr/h;6*1H2;/q+2;;;;;;;+4/p-6. The Kier molecular flexibility index (Phi) is 18100. The fourth-order valence-electron chi connectivity index (χ4n) is 0. The summed E-state index contributed by atoms with van der Waals surface area (Å²) >= 11 is 0. The molecule has 0 spiro atoms. The van der Waals surface area contributed by atoms with E-state index in [1.807, 2.05) is 0 Å². The molecule has 0 heterocycles. The van der Waals surface area contributed by atoms with Crippen molar-refractivity contribution in [3.63, 3.8) is 0 Å². The van der Waals surface area contributed by atoms with E-state index in [0.717, 1.165) is 0 Å². The zero-order valence-electron chi connectivity index (χ0n) is 3.52. The Balaban J connectivity index is 0. The molecule has 0 unspecified atom stereocenters. The van der Waals surface area contributed by atoms with Crippen LogP contribution in [-0.2, 0) is 43.0 Å². The summed E-state index contributed by atoms with van der Waals surface area (Å²) in [6.45, 7) is 0. The summed E-state index contributed by atoms with van der Waals surface area (Å²) in [4.78, 5) is 0. The maximum Gasteiger partial charge on any atom is 4.00 e. The fraction of sp³-hybridized carbons (Fsp3) is 0. The van der Waals surface area contributed by atoms with Crippen LogP contribution in [0.1, 0.15) is 0 Å². The summed E-state index contributed by atoms with van der Waals surface area (Å²) in [5.41, 5.74) is 0. The maximum absolute atomic E-state index is 0. The molecule has 0 aromatic rings. The quantitative estimate of drug-likeness (QED) is 0.529. The van der Waals surface area contributed by atoms with E-state index >= 15 is 0 Å². The Morgan fingerprint density at radius 3 is 0.375 bits per heavy atom. The molecule has 8 heteroatoms. The molecule has 0 saturated heterocycles. The minimum atomic E-state index is 0. The van der Waals surface area contributed by atoms with E-state index in [4.69, 9.17) is 0 Å². The molecule has 0 bridgehead atoms. The number of rotatable bonds is 0. The second-order valence-corrected chi connectivity index (χ2v) is 0. The Morgan fingerprint density at radius 1 is 0.375 bits per heavy atom. The molecule has 0 rings (SSSR count). The Bertz CT molecular complexity index is 8.49. The smallest absolute Gasteiger partial charge is 0.870 e. The van der Waals surface area contributed by atoms with Gasteiger partial charge in [0.15, 0.2) is 0 Å². The van der Waals surface area contributed by atoms with Gasteiger partial charge in [-0.05, 0) is 0 Å². The molecule has 0 fully saturated rings. The molecule has 55 valence electrons. The van der Waals surface area contributed by atoms with Gasteiger partial charge in [-0.15, -0.1) is 0 Å². The maximum atomic E-state index is 0. The molecule has 6 N–H and O–H groups in total. The Morgan fingerprint density at radius 2 is 0.375 bits per heavy atom. The summed E-state index contributed by atoms with van der Waals surface area (Å²) in [7, 11) is 0. The van der Waals surface area contributed by atoms with Crippen LogP contribution in [0.2, 0.25) is 0 Å². The van der Waals surface area contributed by atoms with E-state index in [2.05, 4.69) is 0 Å². The van der Waals surface area contributed by atoms with Crippen molar-refractivity contribution in [2.45, 2.75) is 0 Å². The first kappa shape index (κ1) is 460. The van der Waals surface area contributed by atoms with Crippen molar-refractivity contribution < 1.29 is 75.8 Å². The van der Waals surface area contributed by atoms with E-state index in [0.29, 0.717) is 0 Å². The van der Waals surface area contributed by atoms with Gasteiger partial charge in [-0.1, -0.05) is 0 Å². The van der Waals surface area contributed by atoms with Gasteiger partial charge in [0.1, 0.15) is 0 Å². The van der Waals surface area contributed by atoms with Crippen molar-refractivity contribution in [2.75, 3.05) is 0 Å². The first-order valence-electron chi connectivity index (χ1n) is 0. The van der Waals surface area contributed by atoms with E-state index in [-0.39, 0.29) is 75.8 Å². The summed E-state index contributed by atoms with van der Waals surface area (Å²) in [6.07, 6.45) is 0. The summed E-state index contributed by atoms with van der Waals surface area (Å²) < 4.78 is 0. The van der Waals surface area contributed by atoms with Crippen molar-refractivity contribution in [3.8, 4) is 0 Å². The van der Waals surface area contributed by atoms with Crippen LogP contribution in [0, 0.1) is 0 Å². The van der Waals surface area contributed by atoms with Crippen molar-refractivity contribution in [3.05, 3.63) is 0 Å². The van der Waals surface area contributed by atoms with Crippen LogP contribution in [0.5, 0.6) is 0 Å². The molecule has 1 radical (unpaired) electrons. The minimum absolute atomic E-state index is 0. The van der Waals surface area contributed by atoms with E-state index < -0.39 is 0 Å². The molecule has 0 aromatic heterocycles. The van der Waals surface area contributed by atoms with Crippen LogP contribution in [0.4, 0.5) is 0 Å². The third kappa shape index (κ3) is 205. The summed E-state index contributed by atoms with van der Waals surface area (Å²) in [5, 5.41) is 0. The third-order valence-corrected chi connectivity index (χ3v) is 0. The molecule has 0 aliphatic carbocycles. The Labute approximate surface area is 75.8 Å². The second-order valence-electron chi connectivity index (χ2n) is 0. The molecule has 0 atom stereocenters. The first-order valence-corrected chi connectivity index (χ1v) is 0. The third-order valence-electron chi connectivity index (χ3n) is 0. The van der Waals surface area contributed by atoms with Gasteiger partial charge in [-0.2, -0.15) is 0 Å². The van der Waals surface area contributed by atoms with Crippen LogP contribution >= 0.6 is 0 Å². The predicted octanol–water partition coefficient (Wildman–Crippen LogP) is -1.07. The van der Waals surface area contributed by atoms with Crippen LogP contribution in [-0.4, -0.2) is 32.9 Å². The minimum Gasteiger partial charge on any atom is -0.870 e. The van der Waals surface area contributed by atoms with E-state index in [9.17, 15) is 0 Å². The van der Waals surface area contributed by atoms with E-state index in [1.165, 1.54) is 0 Å². The largest absolute Gasteiger partial charge is 4.00 e. The van der Waals surface area contributed by atoms with Crippen LogP contribution in [0.15, 0.2) is 0 Å². The average Bonchev–Trinajstić information content (AvgIpc) is 0. The molecule has 8 heavy (non-hydrogen) atoms. The predicted molar refractivity (Wildman–Crippen MR) is 11.6 cm³/mol. The van der Waals surface area contributed by atoms with Crippen molar-refractivity contribution in [1.29, 1.82) is 0 Å². The van der Waals surface area contributed by atoms with Gasteiger partial charge in [0.25, 0.3) is 0 Å². The zero-order valence-corrected chi connectivity index (χ0v) is 7.02.